The number of hydrogen-bond acceptors (Lipinski definition) is 2. The SMILES string of the molecule is Cc1ccc(NC(=O)c2cc(Br)cc(N)c2C)cc1F. The lowest BCUT2D eigenvalue weighted by atomic mass is 10.1. The van der Waals surface area contributed by atoms with Gasteiger partial charge >= 0.3 is 0 Å². The highest BCUT2D eigenvalue weighted by atomic mass is 79.9. The number of rotatable bonds is 2. The van der Waals surface area contributed by atoms with E-state index in [0.29, 0.717) is 28.1 Å². The monoisotopic (exact) mass is 336 g/mol. The molecule has 2 aromatic rings. The second-order valence-corrected chi connectivity index (χ2v) is 5.50. The van der Waals surface area contributed by atoms with E-state index in [9.17, 15) is 9.18 Å². The lowest BCUT2D eigenvalue weighted by Crippen LogP contribution is -2.14. The number of nitrogens with two attached hydrogens (primary N) is 1. The number of carbonyl (C=O) groups is 1. The van der Waals surface area contributed by atoms with E-state index in [0.717, 1.165) is 4.47 Å². The summed E-state index contributed by atoms with van der Waals surface area (Å²) in [7, 11) is 0. The smallest absolute Gasteiger partial charge is 0.256 e. The zero-order valence-electron chi connectivity index (χ0n) is 11.1. The number of nitrogen functional groups attached to an aromatic ring is 1. The van der Waals surface area contributed by atoms with Gasteiger partial charge < -0.3 is 11.1 Å². The van der Waals surface area contributed by atoms with E-state index in [-0.39, 0.29) is 11.7 Å². The first-order valence-electron chi connectivity index (χ1n) is 6.01. The Morgan fingerprint density at radius 1 is 1.25 bits per heavy atom. The Kier molecular flexibility index (Phi) is 4.09. The molecule has 104 valence electrons. The first kappa shape index (κ1) is 14.5. The molecule has 0 spiro atoms. The van der Waals surface area contributed by atoms with E-state index in [1.165, 1.54) is 6.07 Å². The molecule has 2 aromatic carbocycles. The molecule has 1 amide bonds. The highest BCUT2D eigenvalue weighted by molar-refractivity contribution is 9.10. The topological polar surface area (TPSA) is 55.1 Å². The van der Waals surface area contributed by atoms with Crippen molar-refractivity contribution in [3.05, 3.63) is 57.3 Å². The van der Waals surface area contributed by atoms with Crippen molar-refractivity contribution in [2.45, 2.75) is 13.8 Å². The Labute approximate surface area is 125 Å². The van der Waals surface area contributed by atoms with E-state index in [1.54, 1.807) is 38.1 Å². The van der Waals surface area contributed by atoms with Crippen LogP contribution in [0, 0.1) is 19.7 Å². The summed E-state index contributed by atoms with van der Waals surface area (Å²) in [6.45, 7) is 3.44. The van der Waals surface area contributed by atoms with Crippen molar-refractivity contribution < 1.29 is 9.18 Å². The van der Waals surface area contributed by atoms with Crippen LogP contribution in [0.3, 0.4) is 0 Å². The van der Waals surface area contributed by atoms with Crippen LogP contribution in [0.25, 0.3) is 0 Å². The third-order valence-electron chi connectivity index (χ3n) is 3.09. The molecular weight excluding hydrogens is 323 g/mol. The number of nitrogens with one attached hydrogen (secondary N) is 1. The maximum Gasteiger partial charge on any atom is 0.256 e. The number of anilines is 2. The number of amides is 1. The normalized spacial score (nSPS) is 10.4. The van der Waals surface area contributed by atoms with Crippen LogP contribution in [-0.4, -0.2) is 5.91 Å². The molecule has 0 heterocycles. The molecular formula is C15H14BrFN2O. The molecule has 0 radical (unpaired) electrons. The Bertz CT molecular complexity index is 686. The first-order chi connectivity index (χ1) is 9.38. The first-order valence-corrected chi connectivity index (χ1v) is 6.81. The molecule has 0 atom stereocenters. The van der Waals surface area contributed by atoms with Crippen LogP contribution >= 0.6 is 15.9 Å². The average molecular weight is 337 g/mol. The van der Waals surface area contributed by atoms with Gasteiger partial charge in [-0.05, 0) is 49.2 Å². The van der Waals surface area contributed by atoms with Gasteiger partial charge in [-0.15, -0.1) is 0 Å². The van der Waals surface area contributed by atoms with Crippen LogP contribution < -0.4 is 11.1 Å². The standard InChI is InChI=1S/C15H14BrFN2O/c1-8-3-4-11(7-13(8)17)19-15(20)12-5-10(16)6-14(18)9(12)2/h3-7H,18H2,1-2H3,(H,19,20). The second kappa shape index (κ2) is 5.63. The molecule has 0 bridgehead atoms. The van der Waals surface area contributed by atoms with Crippen LogP contribution in [0.1, 0.15) is 21.5 Å². The minimum atomic E-state index is -0.353. The van der Waals surface area contributed by atoms with Crippen LogP contribution in [0.5, 0.6) is 0 Å². The third kappa shape index (κ3) is 2.99. The average Bonchev–Trinajstić information content (AvgIpc) is 2.38. The van der Waals surface area contributed by atoms with Gasteiger partial charge in [0.15, 0.2) is 0 Å². The molecule has 5 heteroatoms. The molecule has 0 aromatic heterocycles. The molecule has 0 saturated heterocycles. The quantitative estimate of drug-likeness (QED) is 0.813. The molecule has 0 fully saturated rings. The molecule has 3 nitrogen and oxygen atoms in total. The maximum atomic E-state index is 13.5. The van der Waals surface area contributed by atoms with Crippen LogP contribution in [0.4, 0.5) is 15.8 Å². The van der Waals surface area contributed by atoms with Gasteiger partial charge in [0.2, 0.25) is 0 Å². The lowest BCUT2D eigenvalue weighted by Gasteiger charge is -2.11. The predicted octanol–water partition coefficient (Wildman–Crippen LogP) is 4.04. The van der Waals surface area contributed by atoms with Crippen molar-refractivity contribution in [2.24, 2.45) is 0 Å². The van der Waals surface area contributed by atoms with Gasteiger partial charge in [0.05, 0.1) is 0 Å². The van der Waals surface area contributed by atoms with Crippen LogP contribution in [0.15, 0.2) is 34.8 Å². The summed E-state index contributed by atoms with van der Waals surface area (Å²) in [5.74, 6) is -0.674. The van der Waals surface area contributed by atoms with Crippen molar-refractivity contribution in [1.82, 2.24) is 0 Å². The van der Waals surface area contributed by atoms with Gasteiger partial charge in [0, 0.05) is 21.4 Å². The van der Waals surface area contributed by atoms with Crippen molar-refractivity contribution in [1.29, 1.82) is 0 Å². The number of benzene rings is 2. The van der Waals surface area contributed by atoms with E-state index in [4.69, 9.17) is 5.73 Å². The zero-order valence-corrected chi connectivity index (χ0v) is 12.7. The van der Waals surface area contributed by atoms with Gasteiger partial charge in [-0.25, -0.2) is 4.39 Å². The zero-order chi connectivity index (χ0) is 14.9. The third-order valence-corrected chi connectivity index (χ3v) is 3.54. The summed E-state index contributed by atoms with van der Waals surface area (Å²) in [5.41, 5.74) is 8.45. The van der Waals surface area contributed by atoms with E-state index < -0.39 is 0 Å². The Hall–Kier alpha value is -1.88. The summed E-state index contributed by atoms with van der Waals surface area (Å²) >= 11 is 3.30. The number of carbonyl (C=O) groups excluding carboxylic acids is 1. The summed E-state index contributed by atoms with van der Waals surface area (Å²) in [5, 5.41) is 2.67. The van der Waals surface area contributed by atoms with Gasteiger partial charge in [0.25, 0.3) is 5.91 Å². The summed E-state index contributed by atoms with van der Waals surface area (Å²) < 4.78 is 14.2. The van der Waals surface area contributed by atoms with E-state index in [2.05, 4.69) is 21.2 Å². The minimum Gasteiger partial charge on any atom is -0.398 e. The number of hydrogen-bond donors (Lipinski definition) is 2. The molecule has 2 rings (SSSR count). The fourth-order valence-corrected chi connectivity index (χ4v) is 2.28. The lowest BCUT2D eigenvalue weighted by molar-refractivity contribution is 0.102. The van der Waals surface area contributed by atoms with E-state index >= 15 is 0 Å². The van der Waals surface area contributed by atoms with Crippen molar-refractivity contribution in [3.63, 3.8) is 0 Å². The molecule has 0 aliphatic rings. The Morgan fingerprint density at radius 2 is 1.95 bits per heavy atom. The van der Waals surface area contributed by atoms with Crippen molar-refractivity contribution >= 4 is 33.2 Å². The Balaban J connectivity index is 2.30. The minimum absolute atomic E-state index is 0.321. The van der Waals surface area contributed by atoms with Gasteiger partial charge in [0.1, 0.15) is 5.82 Å². The molecule has 0 saturated carbocycles. The van der Waals surface area contributed by atoms with Crippen molar-refractivity contribution in [2.75, 3.05) is 11.1 Å². The summed E-state index contributed by atoms with van der Waals surface area (Å²) in [4.78, 5) is 12.2. The number of halogens is 2. The molecule has 0 aliphatic carbocycles. The second-order valence-electron chi connectivity index (χ2n) is 4.59. The van der Waals surface area contributed by atoms with Crippen LogP contribution in [-0.2, 0) is 0 Å². The molecule has 3 N–H and O–H groups in total. The largest absolute Gasteiger partial charge is 0.398 e. The molecule has 0 unspecified atom stereocenters. The van der Waals surface area contributed by atoms with Crippen molar-refractivity contribution in [3.8, 4) is 0 Å². The highest BCUT2D eigenvalue weighted by Gasteiger charge is 2.13. The van der Waals surface area contributed by atoms with E-state index in [1.807, 2.05) is 0 Å². The Morgan fingerprint density at radius 3 is 2.60 bits per heavy atom. The van der Waals surface area contributed by atoms with Gasteiger partial charge in [-0.3, -0.25) is 4.79 Å². The van der Waals surface area contributed by atoms with Gasteiger partial charge in [-0.1, -0.05) is 22.0 Å². The van der Waals surface area contributed by atoms with Crippen LogP contribution in [0.2, 0.25) is 0 Å². The fourth-order valence-electron chi connectivity index (χ4n) is 1.81. The maximum absolute atomic E-state index is 13.5. The summed E-state index contributed by atoms with van der Waals surface area (Å²) in [6.07, 6.45) is 0. The molecule has 20 heavy (non-hydrogen) atoms. The predicted molar refractivity (Wildman–Crippen MR) is 82.4 cm³/mol. The number of aryl methyl sites for hydroxylation is 1. The fraction of sp³-hybridized carbons (Fsp3) is 0.133. The molecule has 0 aliphatic heterocycles. The van der Waals surface area contributed by atoms with Gasteiger partial charge in [-0.2, -0.15) is 0 Å². The highest BCUT2D eigenvalue weighted by Crippen LogP contribution is 2.24. The summed E-state index contributed by atoms with van der Waals surface area (Å²) in [6, 6.07) is 7.99.